The number of anilines is 2. The van der Waals surface area contributed by atoms with Crippen molar-refractivity contribution in [2.45, 2.75) is 19.4 Å². The van der Waals surface area contributed by atoms with E-state index in [0.29, 0.717) is 12.2 Å². The molecule has 1 unspecified atom stereocenters. The maximum Gasteiger partial charge on any atom is 0.0945 e. The lowest BCUT2D eigenvalue weighted by Crippen LogP contribution is -2.35. The number of nitrogens with zero attached hydrogens (tertiary/aromatic N) is 1. The van der Waals surface area contributed by atoms with E-state index in [1.54, 1.807) is 0 Å². The number of nitrogen functional groups attached to an aromatic ring is 1. The predicted molar refractivity (Wildman–Crippen MR) is 66.5 cm³/mol. The van der Waals surface area contributed by atoms with E-state index in [4.69, 9.17) is 10.8 Å². The molecule has 1 aromatic rings. The highest BCUT2D eigenvalue weighted by Gasteiger charge is 2.12. The molecule has 1 atom stereocenters. The highest BCUT2D eigenvalue weighted by molar-refractivity contribution is 5.67. The predicted octanol–water partition coefficient (Wildman–Crippen LogP) is 0.838. The summed E-state index contributed by atoms with van der Waals surface area (Å²) in [6.45, 7) is 3.05. The molecule has 0 radical (unpaired) electrons. The number of aliphatic hydroxyl groups excluding tert-OH is 2. The van der Waals surface area contributed by atoms with E-state index in [-0.39, 0.29) is 6.61 Å². The van der Waals surface area contributed by atoms with Crippen LogP contribution in [0.15, 0.2) is 24.3 Å². The highest BCUT2D eigenvalue weighted by atomic mass is 16.3. The summed E-state index contributed by atoms with van der Waals surface area (Å²) in [7, 11) is 0. The van der Waals surface area contributed by atoms with Crippen LogP contribution in [0.25, 0.3) is 0 Å². The van der Waals surface area contributed by atoms with Crippen molar-refractivity contribution in [3.63, 3.8) is 0 Å². The first-order valence-corrected chi connectivity index (χ1v) is 5.57. The van der Waals surface area contributed by atoms with Gasteiger partial charge in [-0.1, -0.05) is 19.1 Å². The number of para-hydroxylation sites is 2. The molecule has 0 bridgehead atoms. The third-order valence-corrected chi connectivity index (χ3v) is 2.41. The van der Waals surface area contributed by atoms with Crippen molar-refractivity contribution in [1.82, 2.24) is 0 Å². The Morgan fingerprint density at radius 3 is 2.62 bits per heavy atom. The SMILES string of the molecule is CCCN(CC(O)CO)c1ccccc1N. The quantitative estimate of drug-likeness (QED) is 0.626. The number of benzene rings is 1. The average molecular weight is 224 g/mol. The van der Waals surface area contributed by atoms with Gasteiger partial charge in [-0.05, 0) is 18.6 Å². The zero-order valence-electron chi connectivity index (χ0n) is 9.63. The summed E-state index contributed by atoms with van der Waals surface area (Å²) in [5.74, 6) is 0. The molecule has 0 fully saturated rings. The van der Waals surface area contributed by atoms with E-state index in [1.807, 2.05) is 29.2 Å². The molecule has 4 heteroatoms. The van der Waals surface area contributed by atoms with Crippen LogP contribution < -0.4 is 10.6 Å². The van der Waals surface area contributed by atoms with E-state index in [9.17, 15) is 5.11 Å². The second-order valence-corrected chi connectivity index (χ2v) is 3.84. The lowest BCUT2D eigenvalue weighted by molar-refractivity contribution is 0.0999. The fourth-order valence-corrected chi connectivity index (χ4v) is 1.67. The smallest absolute Gasteiger partial charge is 0.0945 e. The summed E-state index contributed by atoms with van der Waals surface area (Å²) in [5, 5.41) is 18.3. The second-order valence-electron chi connectivity index (χ2n) is 3.84. The van der Waals surface area contributed by atoms with Crippen LogP contribution in [0, 0.1) is 0 Å². The first-order chi connectivity index (χ1) is 7.69. The van der Waals surface area contributed by atoms with Gasteiger partial charge in [0.2, 0.25) is 0 Å². The maximum absolute atomic E-state index is 9.47. The Balaban J connectivity index is 2.80. The van der Waals surface area contributed by atoms with E-state index in [1.165, 1.54) is 0 Å². The van der Waals surface area contributed by atoms with Crippen molar-refractivity contribution >= 4 is 11.4 Å². The molecule has 0 amide bonds. The third-order valence-electron chi connectivity index (χ3n) is 2.41. The molecule has 4 N–H and O–H groups in total. The van der Waals surface area contributed by atoms with Crippen molar-refractivity contribution in [3.05, 3.63) is 24.3 Å². The largest absolute Gasteiger partial charge is 0.397 e. The van der Waals surface area contributed by atoms with Crippen LogP contribution in [0.4, 0.5) is 11.4 Å². The summed E-state index contributed by atoms with van der Waals surface area (Å²) < 4.78 is 0. The standard InChI is InChI=1S/C12H20N2O2/c1-2-7-14(8-10(16)9-15)12-6-4-3-5-11(12)13/h3-6,10,15-16H,2,7-9,13H2,1H3. The van der Waals surface area contributed by atoms with Gasteiger partial charge in [0.1, 0.15) is 0 Å². The molecule has 0 aliphatic rings. The highest BCUT2D eigenvalue weighted by Crippen LogP contribution is 2.22. The van der Waals surface area contributed by atoms with E-state index >= 15 is 0 Å². The van der Waals surface area contributed by atoms with Crippen molar-refractivity contribution < 1.29 is 10.2 Å². The van der Waals surface area contributed by atoms with Gasteiger partial charge >= 0.3 is 0 Å². The van der Waals surface area contributed by atoms with Crippen molar-refractivity contribution in [1.29, 1.82) is 0 Å². The number of hydrogen-bond donors (Lipinski definition) is 3. The Morgan fingerprint density at radius 1 is 1.38 bits per heavy atom. The van der Waals surface area contributed by atoms with Gasteiger partial charge in [-0.25, -0.2) is 0 Å². The molecule has 1 aromatic carbocycles. The zero-order chi connectivity index (χ0) is 12.0. The van der Waals surface area contributed by atoms with Crippen LogP contribution in [0.3, 0.4) is 0 Å². The van der Waals surface area contributed by atoms with Gasteiger partial charge < -0.3 is 20.8 Å². The van der Waals surface area contributed by atoms with E-state index in [2.05, 4.69) is 6.92 Å². The Bertz CT molecular complexity index is 318. The molecule has 0 saturated carbocycles. The van der Waals surface area contributed by atoms with Gasteiger partial charge in [0.25, 0.3) is 0 Å². The van der Waals surface area contributed by atoms with Crippen LogP contribution in [0.2, 0.25) is 0 Å². The summed E-state index contributed by atoms with van der Waals surface area (Å²) in [6, 6.07) is 7.56. The molecule has 0 aliphatic carbocycles. The third kappa shape index (κ3) is 3.40. The van der Waals surface area contributed by atoms with Crippen LogP contribution in [0.1, 0.15) is 13.3 Å². The minimum absolute atomic E-state index is 0.229. The topological polar surface area (TPSA) is 69.7 Å². The van der Waals surface area contributed by atoms with E-state index in [0.717, 1.165) is 18.7 Å². The fraction of sp³-hybridized carbons (Fsp3) is 0.500. The molecular weight excluding hydrogens is 204 g/mol. The molecular formula is C12H20N2O2. The molecule has 90 valence electrons. The molecule has 0 aliphatic heterocycles. The lowest BCUT2D eigenvalue weighted by Gasteiger charge is -2.27. The average Bonchev–Trinajstić information content (AvgIpc) is 2.29. The minimum Gasteiger partial charge on any atom is -0.397 e. The van der Waals surface area contributed by atoms with Crippen molar-refractivity contribution in [3.8, 4) is 0 Å². The molecule has 4 nitrogen and oxygen atoms in total. The van der Waals surface area contributed by atoms with Crippen molar-refractivity contribution in [2.75, 3.05) is 30.3 Å². The summed E-state index contributed by atoms with van der Waals surface area (Å²) in [6.07, 6.45) is 0.234. The van der Waals surface area contributed by atoms with Gasteiger partial charge in [-0.3, -0.25) is 0 Å². The Labute approximate surface area is 96.3 Å². The first kappa shape index (κ1) is 12.8. The Morgan fingerprint density at radius 2 is 2.06 bits per heavy atom. The molecule has 0 heterocycles. The molecule has 0 spiro atoms. The van der Waals surface area contributed by atoms with Gasteiger partial charge in [0.15, 0.2) is 0 Å². The molecule has 0 saturated heterocycles. The first-order valence-electron chi connectivity index (χ1n) is 5.57. The number of rotatable bonds is 6. The number of hydrogen-bond acceptors (Lipinski definition) is 4. The van der Waals surface area contributed by atoms with Crippen LogP contribution in [-0.4, -0.2) is 36.0 Å². The van der Waals surface area contributed by atoms with Crippen molar-refractivity contribution in [2.24, 2.45) is 0 Å². The Hall–Kier alpha value is -1.26. The molecule has 0 aromatic heterocycles. The molecule has 1 rings (SSSR count). The zero-order valence-corrected chi connectivity index (χ0v) is 9.63. The lowest BCUT2D eigenvalue weighted by atomic mass is 10.2. The monoisotopic (exact) mass is 224 g/mol. The normalized spacial score (nSPS) is 12.4. The summed E-state index contributed by atoms with van der Waals surface area (Å²) in [4.78, 5) is 2.00. The summed E-state index contributed by atoms with van der Waals surface area (Å²) >= 11 is 0. The van der Waals surface area contributed by atoms with Crippen LogP contribution in [0.5, 0.6) is 0 Å². The molecule has 16 heavy (non-hydrogen) atoms. The van der Waals surface area contributed by atoms with Gasteiger partial charge in [-0.2, -0.15) is 0 Å². The van der Waals surface area contributed by atoms with Gasteiger partial charge in [0.05, 0.1) is 24.1 Å². The summed E-state index contributed by atoms with van der Waals surface area (Å²) in [5.41, 5.74) is 7.49. The number of nitrogens with two attached hydrogens (primary N) is 1. The Kier molecular flexibility index (Phi) is 5.08. The van der Waals surface area contributed by atoms with E-state index < -0.39 is 6.10 Å². The fourth-order valence-electron chi connectivity index (χ4n) is 1.67. The van der Waals surface area contributed by atoms with Gasteiger partial charge in [0, 0.05) is 13.1 Å². The second kappa shape index (κ2) is 6.35. The maximum atomic E-state index is 9.47. The minimum atomic E-state index is -0.730. The van der Waals surface area contributed by atoms with Gasteiger partial charge in [-0.15, -0.1) is 0 Å². The number of aliphatic hydroxyl groups is 2. The van der Waals surface area contributed by atoms with Crippen LogP contribution in [-0.2, 0) is 0 Å². The van der Waals surface area contributed by atoms with Crippen LogP contribution >= 0.6 is 0 Å².